The van der Waals surface area contributed by atoms with E-state index in [1.54, 1.807) is 4.90 Å². The third kappa shape index (κ3) is 4.52. The molecule has 1 N–H and O–H groups in total. The van der Waals surface area contributed by atoms with Crippen LogP contribution in [0.15, 0.2) is 66.7 Å². The number of rotatable bonds is 5. The van der Waals surface area contributed by atoms with Gasteiger partial charge in [-0.2, -0.15) is 0 Å². The molecule has 0 spiro atoms. The van der Waals surface area contributed by atoms with Crippen molar-refractivity contribution in [3.05, 3.63) is 83.6 Å². The van der Waals surface area contributed by atoms with Crippen molar-refractivity contribution >= 4 is 11.8 Å². The van der Waals surface area contributed by atoms with Gasteiger partial charge >= 0.3 is 0 Å². The SMILES string of the molecule is Cc1cccc(CN2C(=O)c3ccc(-c4ccccc4)n3C[C@@]2(C)C(=O)NC2CCC(C)CC2)c1. The molecule has 1 saturated carbocycles. The second-order valence-corrected chi connectivity index (χ2v) is 10.6. The molecule has 0 bridgehead atoms. The second-order valence-electron chi connectivity index (χ2n) is 10.6. The molecular formula is C30H35N3O2. The lowest BCUT2D eigenvalue weighted by atomic mass is 9.86. The highest BCUT2D eigenvalue weighted by atomic mass is 16.2. The molecule has 2 amide bonds. The number of nitrogens with zero attached hydrogens (tertiary/aromatic N) is 2. The maximum absolute atomic E-state index is 13.9. The van der Waals surface area contributed by atoms with Crippen LogP contribution < -0.4 is 5.32 Å². The van der Waals surface area contributed by atoms with Crippen molar-refractivity contribution in [1.29, 1.82) is 0 Å². The molecule has 1 aromatic heterocycles. The summed E-state index contributed by atoms with van der Waals surface area (Å²) in [5.74, 6) is 0.551. The van der Waals surface area contributed by atoms with Gasteiger partial charge in [-0.15, -0.1) is 0 Å². The highest BCUT2D eigenvalue weighted by Crippen LogP contribution is 2.35. The molecule has 1 aliphatic carbocycles. The van der Waals surface area contributed by atoms with E-state index in [4.69, 9.17) is 0 Å². The van der Waals surface area contributed by atoms with E-state index in [2.05, 4.69) is 31.3 Å². The van der Waals surface area contributed by atoms with Gasteiger partial charge in [0.1, 0.15) is 11.2 Å². The minimum atomic E-state index is -1.00. The van der Waals surface area contributed by atoms with Gasteiger partial charge in [-0.1, -0.05) is 67.1 Å². The summed E-state index contributed by atoms with van der Waals surface area (Å²) in [4.78, 5) is 29.7. The van der Waals surface area contributed by atoms with E-state index in [0.29, 0.717) is 24.7 Å². The van der Waals surface area contributed by atoms with Crippen LogP contribution in [0.25, 0.3) is 11.3 Å². The summed E-state index contributed by atoms with van der Waals surface area (Å²) in [5.41, 5.74) is 3.82. The number of fused-ring (bicyclic) bond motifs is 1. The quantitative estimate of drug-likeness (QED) is 0.531. The Hall–Kier alpha value is -3.34. The van der Waals surface area contributed by atoms with Crippen molar-refractivity contribution in [3.63, 3.8) is 0 Å². The van der Waals surface area contributed by atoms with Gasteiger partial charge in [0.05, 0.1) is 6.54 Å². The second kappa shape index (κ2) is 9.37. The molecule has 1 aliphatic heterocycles. The molecule has 1 atom stereocenters. The van der Waals surface area contributed by atoms with Gasteiger partial charge < -0.3 is 14.8 Å². The number of aromatic nitrogens is 1. The van der Waals surface area contributed by atoms with Gasteiger partial charge in [-0.25, -0.2) is 0 Å². The normalized spacial score (nSPS) is 24.2. The Bertz CT molecular complexity index is 1220. The van der Waals surface area contributed by atoms with Crippen LogP contribution in [0.2, 0.25) is 0 Å². The maximum Gasteiger partial charge on any atom is 0.271 e. The Morgan fingerprint density at radius 1 is 0.971 bits per heavy atom. The van der Waals surface area contributed by atoms with Crippen molar-refractivity contribution in [3.8, 4) is 11.3 Å². The first-order chi connectivity index (χ1) is 16.8. The lowest BCUT2D eigenvalue weighted by Crippen LogP contribution is -2.64. The Morgan fingerprint density at radius 3 is 2.40 bits per heavy atom. The van der Waals surface area contributed by atoms with Crippen LogP contribution in [-0.2, 0) is 17.9 Å². The average molecular weight is 470 g/mol. The van der Waals surface area contributed by atoms with E-state index < -0.39 is 5.54 Å². The summed E-state index contributed by atoms with van der Waals surface area (Å²) in [5, 5.41) is 3.33. The molecule has 35 heavy (non-hydrogen) atoms. The van der Waals surface area contributed by atoms with Crippen molar-refractivity contribution in [2.45, 2.75) is 71.1 Å². The highest BCUT2D eigenvalue weighted by molar-refractivity contribution is 6.00. The first-order valence-electron chi connectivity index (χ1n) is 12.8. The number of amides is 2. The first-order valence-corrected chi connectivity index (χ1v) is 12.8. The lowest BCUT2D eigenvalue weighted by Gasteiger charge is -2.45. The molecule has 2 heterocycles. The number of carbonyl (C=O) groups is 2. The zero-order valence-electron chi connectivity index (χ0n) is 21.0. The van der Waals surface area contributed by atoms with Gasteiger partial charge in [-0.3, -0.25) is 9.59 Å². The van der Waals surface area contributed by atoms with Crippen LogP contribution in [0.5, 0.6) is 0 Å². The zero-order valence-corrected chi connectivity index (χ0v) is 21.0. The zero-order chi connectivity index (χ0) is 24.6. The molecule has 2 aliphatic rings. The van der Waals surface area contributed by atoms with Crippen LogP contribution in [0, 0.1) is 12.8 Å². The van der Waals surface area contributed by atoms with Crippen molar-refractivity contribution in [2.75, 3.05) is 0 Å². The third-order valence-electron chi connectivity index (χ3n) is 7.84. The molecule has 5 nitrogen and oxygen atoms in total. The van der Waals surface area contributed by atoms with Gasteiger partial charge in [0.25, 0.3) is 5.91 Å². The van der Waals surface area contributed by atoms with Gasteiger partial charge in [0.2, 0.25) is 5.91 Å². The highest BCUT2D eigenvalue weighted by Gasteiger charge is 2.48. The molecule has 3 aromatic rings. The smallest absolute Gasteiger partial charge is 0.271 e. The van der Waals surface area contributed by atoms with Crippen LogP contribution in [0.3, 0.4) is 0 Å². The summed E-state index contributed by atoms with van der Waals surface area (Å²) >= 11 is 0. The fourth-order valence-corrected chi connectivity index (χ4v) is 5.62. The van der Waals surface area contributed by atoms with Crippen LogP contribution in [-0.4, -0.2) is 32.9 Å². The number of carbonyl (C=O) groups excluding carboxylic acids is 2. The predicted molar refractivity (Wildman–Crippen MR) is 139 cm³/mol. The lowest BCUT2D eigenvalue weighted by molar-refractivity contribution is -0.134. The summed E-state index contributed by atoms with van der Waals surface area (Å²) in [6.45, 7) is 7.08. The minimum Gasteiger partial charge on any atom is -0.351 e. The van der Waals surface area contributed by atoms with E-state index in [0.717, 1.165) is 48.1 Å². The Labute approximate surface area is 208 Å². The van der Waals surface area contributed by atoms with Gasteiger partial charge in [0, 0.05) is 18.3 Å². The molecular weight excluding hydrogens is 434 g/mol. The summed E-state index contributed by atoms with van der Waals surface area (Å²) in [6, 6.07) is 22.3. The van der Waals surface area contributed by atoms with Crippen molar-refractivity contribution in [2.24, 2.45) is 5.92 Å². The third-order valence-corrected chi connectivity index (χ3v) is 7.84. The van der Waals surface area contributed by atoms with E-state index in [-0.39, 0.29) is 17.9 Å². The predicted octanol–water partition coefficient (Wildman–Crippen LogP) is 5.57. The molecule has 0 saturated heterocycles. The van der Waals surface area contributed by atoms with E-state index in [1.165, 1.54) is 0 Å². The average Bonchev–Trinajstić information content (AvgIpc) is 3.27. The number of aryl methyl sites for hydroxylation is 1. The molecule has 5 rings (SSSR count). The number of hydrogen-bond acceptors (Lipinski definition) is 2. The van der Waals surface area contributed by atoms with Gasteiger partial charge in [-0.05, 0) is 68.7 Å². The maximum atomic E-state index is 13.9. The summed E-state index contributed by atoms with van der Waals surface area (Å²) in [6.07, 6.45) is 4.26. The van der Waals surface area contributed by atoms with Crippen molar-refractivity contribution < 1.29 is 9.59 Å². The standard InChI is InChI=1S/C30H35N3O2/c1-21-12-14-25(15-13-21)31-29(35)30(3)20-32-26(24-10-5-4-6-11-24)16-17-27(32)28(34)33(30)19-23-9-7-8-22(2)18-23/h4-11,16-18,21,25H,12-15,19-20H2,1-3H3,(H,31,35)/t21?,25?,30-/m0/s1. The molecule has 182 valence electrons. The van der Waals surface area contributed by atoms with Crippen LogP contribution in [0.1, 0.15) is 61.1 Å². The van der Waals surface area contributed by atoms with Crippen molar-refractivity contribution in [1.82, 2.24) is 14.8 Å². The molecule has 0 radical (unpaired) electrons. The fraction of sp³-hybridized carbons (Fsp3) is 0.400. The Morgan fingerprint density at radius 2 is 1.69 bits per heavy atom. The van der Waals surface area contributed by atoms with E-state index >= 15 is 0 Å². The van der Waals surface area contributed by atoms with E-state index in [9.17, 15) is 9.59 Å². The Balaban J connectivity index is 1.52. The first kappa shape index (κ1) is 23.4. The minimum absolute atomic E-state index is 0.0589. The molecule has 1 fully saturated rings. The Kier molecular flexibility index (Phi) is 6.26. The molecule has 0 unspecified atom stereocenters. The monoisotopic (exact) mass is 469 g/mol. The van der Waals surface area contributed by atoms with Crippen LogP contribution >= 0.6 is 0 Å². The van der Waals surface area contributed by atoms with Crippen LogP contribution in [0.4, 0.5) is 0 Å². The molecule has 5 heteroatoms. The largest absolute Gasteiger partial charge is 0.351 e. The number of hydrogen-bond donors (Lipinski definition) is 1. The topological polar surface area (TPSA) is 54.3 Å². The summed E-state index contributed by atoms with van der Waals surface area (Å²) < 4.78 is 2.03. The van der Waals surface area contributed by atoms with Gasteiger partial charge in [0.15, 0.2) is 0 Å². The number of benzene rings is 2. The molecule has 2 aromatic carbocycles. The fourth-order valence-electron chi connectivity index (χ4n) is 5.62. The number of nitrogens with one attached hydrogen (secondary N) is 1. The van der Waals surface area contributed by atoms with E-state index in [1.807, 2.05) is 66.1 Å². The summed E-state index contributed by atoms with van der Waals surface area (Å²) in [7, 11) is 0.